The van der Waals surface area contributed by atoms with Crippen LogP contribution in [-0.2, 0) is 0 Å². The fraction of sp³-hybridized carbons (Fsp3) is 0.143. The summed E-state index contributed by atoms with van der Waals surface area (Å²) >= 11 is 5.10. The lowest BCUT2D eigenvalue weighted by molar-refractivity contribution is 0.311. The Morgan fingerprint density at radius 2 is 2.32 bits per heavy atom. The van der Waals surface area contributed by atoms with Gasteiger partial charge in [0.25, 0.3) is 0 Å². The van der Waals surface area contributed by atoms with E-state index < -0.39 is 0 Å². The summed E-state index contributed by atoms with van der Waals surface area (Å²) in [6, 6.07) is 5.41. The Balaban J connectivity index is 2.60. The molecule has 0 aliphatic rings. The molecule has 0 aromatic carbocycles. The number of pyridine rings is 2. The summed E-state index contributed by atoms with van der Waals surface area (Å²) in [5.41, 5.74) is 7.06. The minimum absolute atomic E-state index is 0.00571. The number of hydrogen-bond donors (Lipinski definition) is 4. The van der Waals surface area contributed by atoms with Crippen LogP contribution in [0.2, 0.25) is 0 Å². The van der Waals surface area contributed by atoms with Gasteiger partial charge in [-0.3, -0.25) is 0 Å². The molecule has 110 valence electrons. The highest BCUT2D eigenvalue weighted by Crippen LogP contribution is 2.37. The summed E-state index contributed by atoms with van der Waals surface area (Å²) in [5.74, 6) is 0.700. The van der Waals surface area contributed by atoms with Gasteiger partial charge in [0.15, 0.2) is 0 Å². The maximum atomic E-state index is 9.30. The predicted octanol–water partition coefficient (Wildman–Crippen LogP) is 2.22. The predicted molar refractivity (Wildman–Crippen MR) is 85.8 cm³/mol. The Kier molecular flexibility index (Phi) is 4.69. The highest BCUT2D eigenvalue weighted by Gasteiger charge is 2.16. The molecule has 0 fully saturated rings. The standard InChI is InChI=1S/C14H12N6OS/c1-17-12-11(9(6-15)14(22)20-13(12)16)8-2-3-10(19-7-8)18-4-5-21/h2-3,7,21H,4-5H2,(H,18,19)(H3,16,20,22). The van der Waals surface area contributed by atoms with Crippen LogP contribution in [-0.4, -0.2) is 28.2 Å². The van der Waals surface area contributed by atoms with Crippen molar-refractivity contribution in [2.75, 3.05) is 24.2 Å². The van der Waals surface area contributed by atoms with Crippen molar-refractivity contribution in [3.63, 3.8) is 0 Å². The van der Waals surface area contributed by atoms with E-state index in [-0.39, 0.29) is 28.3 Å². The normalized spacial score (nSPS) is 9.77. The lowest BCUT2D eigenvalue weighted by Gasteiger charge is -2.10. The second kappa shape index (κ2) is 6.68. The number of nitrogens with two attached hydrogens (primary N) is 1. The number of aromatic nitrogens is 2. The molecule has 5 N–H and O–H groups in total. The van der Waals surface area contributed by atoms with Crippen LogP contribution in [0.1, 0.15) is 5.56 Å². The fourth-order valence-corrected chi connectivity index (χ4v) is 2.20. The molecule has 7 nitrogen and oxygen atoms in total. The molecule has 2 rings (SSSR count). The summed E-state index contributed by atoms with van der Waals surface area (Å²) in [6.45, 7) is 7.65. The molecule has 2 aromatic heterocycles. The van der Waals surface area contributed by atoms with Crippen molar-refractivity contribution in [1.82, 2.24) is 9.97 Å². The molecule has 0 atom stereocenters. The lowest BCUT2D eigenvalue weighted by atomic mass is 10.0. The van der Waals surface area contributed by atoms with E-state index in [1.165, 1.54) is 6.20 Å². The maximum Gasteiger partial charge on any atom is 0.234 e. The van der Waals surface area contributed by atoms with Crippen molar-refractivity contribution in [3.8, 4) is 17.2 Å². The molecule has 2 aromatic rings. The van der Waals surface area contributed by atoms with Crippen LogP contribution in [0.5, 0.6) is 0 Å². The third kappa shape index (κ3) is 2.88. The second-order valence-electron chi connectivity index (χ2n) is 4.27. The molecule has 0 saturated heterocycles. The number of nitrogens with zero attached hydrogens (tertiary/aromatic N) is 3. The third-order valence-corrected chi connectivity index (χ3v) is 3.22. The average Bonchev–Trinajstić information content (AvgIpc) is 2.53. The zero-order valence-corrected chi connectivity index (χ0v) is 12.2. The fourth-order valence-electron chi connectivity index (χ4n) is 1.94. The summed E-state index contributed by atoms with van der Waals surface area (Å²) in [4.78, 5) is 10.2. The van der Waals surface area contributed by atoms with Gasteiger partial charge in [-0.25, -0.2) is 9.83 Å². The van der Waals surface area contributed by atoms with Gasteiger partial charge >= 0.3 is 0 Å². The number of aliphatic hydroxyl groups excluding tert-OH is 1. The Morgan fingerprint density at radius 1 is 1.55 bits per heavy atom. The first kappa shape index (κ1) is 15.4. The van der Waals surface area contributed by atoms with E-state index >= 15 is 0 Å². The number of nitrogens with one attached hydrogen (secondary N) is 2. The first-order chi connectivity index (χ1) is 10.6. The smallest absolute Gasteiger partial charge is 0.234 e. The average molecular weight is 312 g/mol. The zero-order chi connectivity index (χ0) is 16.1. The van der Waals surface area contributed by atoms with Crippen molar-refractivity contribution in [2.24, 2.45) is 0 Å². The van der Waals surface area contributed by atoms with E-state index in [0.29, 0.717) is 23.5 Å². The summed E-state index contributed by atoms with van der Waals surface area (Å²) < 4.78 is 0.185. The molecule has 2 heterocycles. The molecule has 0 saturated carbocycles. The molecule has 0 amide bonds. The quantitative estimate of drug-likeness (QED) is 0.508. The number of rotatable bonds is 4. The van der Waals surface area contributed by atoms with Crippen molar-refractivity contribution in [2.45, 2.75) is 0 Å². The monoisotopic (exact) mass is 312 g/mol. The molecular formula is C14H12N6OS. The Labute approximate surface area is 131 Å². The third-order valence-electron chi connectivity index (χ3n) is 2.91. The van der Waals surface area contributed by atoms with Gasteiger partial charge in [0.1, 0.15) is 22.3 Å². The second-order valence-corrected chi connectivity index (χ2v) is 4.68. The van der Waals surface area contributed by atoms with E-state index in [0.717, 1.165) is 0 Å². The van der Waals surface area contributed by atoms with Crippen LogP contribution in [0.4, 0.5) is 17.3 Å². The van der Waals surface area contributed by atoms with Gasteiger partial charge in [-0.1, -0.05) is 18.3 Å². The lowest BCUT2D eigenvalue weighted by Crippen LogP contribution is -2.06. The van der Waals surface area contributed by atoms with Gasteiger partial charge in [-0.05, 0) is 11.6 Å². The van der Waals surface area contributed by atoms with Crippen LogP contribution < -0.4 is 11.1 Å². The molecule has 8 heteroatoms. The SMILES string of the molecule is [C-]#[N+]c1c(N)[nH]c(=S)c(C#N)c1-c1ccc(NCCO)nc1. The van der Waals surface area contributed by atoms with Gasteiger partial charge in [-0.15, -0.1) is 0 Å². The van der Waals surface area contributed by atoms with Crippen LogP contribution in [0.3, 0.4) is 0 Å². The van der Waals surface area contributed by atoms with Crippen molar-refractivity contribution in [3.05, 3.63) is 40.0 Å². The molecular weight excluding hydrogens is 300 g/mol. The van der Waals surface area contributed by atoms with Gasteiger partial charge in [0.05, 0.1) is 18.7 Å². The Bertz CT molecular complexity index is 829. The molecule has 0 aliphatic carbocycles. The van der Waals surface area contributed by atoms with Crippen molar-refractivity contribution >= 4 is 29.5 Å². The first-order valence-electron chi connectivity index (χ1n) is 6.26. The number of nitrogen functional groups attached to an aromatic ring is 1. The molecule has 0 aliphatic heterocycles. The van der Waals surface area contributed by atoms with Gasteiger partial charge < -0.3 is 21.1 Å². The molecule has 22 heavy (non-hydrogen) atoms. The highest BCUT2D eigenvalue weighted by atomic mass is 32.1. The molecule has 0 unspecified atom stereocenters. The summed E-state index contributed by atoms with van der Waals surface area (Å²) in [7, 11) is 0. The van der Waals surface area contributed by atoms with Crippen molar-refractivity contribution < 1.29 is 5.11 Å². The number of H-pyrrole nitrogens is 1. The maximum absolute atomic E-state index is 9.30. The number of aliphatic hydroxyl groups is 1. The Morgan fingerprint density at radius 3 is 2.86 bits per heavy atom. The number of nitriles is 1. The van der Waals surface area contributed by atoms with Crippen LogP contribution >= 0.6 is 12.2 Å². The van der Waals surface area contributed by atoms with Gasteiger partial charge in [-0.2, -0.15) is 5.26 Å². The van der Waals surface area contributed by atoms with E-state index in [4.69, 9.17) is 29.6 Å². The minimum Gasteiger partial charge on any atom is -0.395 e. The van der Waals surface area contributed by atoms with E-state index in [2.05, 4.69) is 20.1 Å². The van der Waals surface area contributed by atoms with Crippen molar-refractivity contribution in [1.29, 1.82) is 5.26 Å². The van der Waals surface area contributed by atoms with Crippen LogP contribution in [0.25, 0.3) is 16.0 Å². The number of anilines is 2. The van der Waals surface area contributed by atoms with Gasteiger partial charge in [0, 0.05) is 18.3 Å². The summed E-state index contributed by atoms with van der Waals surface area (Å²) in [6.07, 6.45) is 1.53. The largest absolute Gasteiger partial charge is 0.395 e. The first-order valence-corrected chi connectivity index (χ1v) is 6.67. The molecule has 0 spiro atoms. The molecule has 0 bridgehead atoms. The highest BCUT2D eigenvalue weighted by molar-refractivity contribution is 7.71. The van der Waals surface area contributed by atoms with E-state index in [1.807, 2.05) is 6.07 Å². The van der Waals surface area contributed by atoms with E-state index in [9.17, 15) is 5.26 Å². The summed E-state index contributed by atoms with van der Waals surface area (Å²) in [5, 5.41) is 21.0. The number of hydrogen-bond acceptors (Lipinski definition) is 6. The van der Waals surface area contributed by atoms with Crippen LogP contribution in [0, 0.1) is 22.5 Å². The zero-order valence-electron chi connectivity index (χ0n) is 11.4. The van der Waals surface area contributed by atoms with E-state index in [1.54, 1.807) is 12.1 Å². The minimum atomic E-state index is -0.00571. The topological polar surface area (TPSA) is 115 Å². The van der Waals surface area contributed by atoms with Gasteiger partial charge in [0.2, 0.25) is 5.69 Å². The number of aromatic amines is 1. The Hall–Kier alpha value is -2.94. The van der Waals surface area contributed by atoms with Crippen LogP contribution in [0.15, 0.2) is 18.3 Å². The molecule has 0 radical (unpaired) electrons.